The molecule has 0 saturated heterocycles. The van der Waals surface area contributed by atoms with E-state index in [-0.39, 0.29) is 39.6 Å². The second kappa shape index (κ2) is 7.10. The molecule has 0 radical (unpaired) electrons. The number of fused-ring (bicyclic) bond motifs is 1. The Morgan fingerprint density at radius 2 is 2.11 bits per heavy atom. The molecule has 28 heavy (non-hydrogen) atoms. The first-order valence-electron chi connectivity index (χ1n) is 7.85. The molecule has 11 heteroatoms. The fourth-order valence-corrected chi connectivity index (χ4v) is 3.27. The molecule has 1 atom stereocenters. The Morgan fingerprint density at radius 3 is 2.71 bits per heavy atom. The third-order valence-corrected chi connectivity index (χ3v) is 4.77. The standard InChI is InChI=1S/C17H14ClFN8O/c1-6-7(3-9(19)14(28-2)11(6)18)13-10-12(22)8(4-20)15(23)26-16(10)27-17(25-13)24-5-21/h3,13H,1-2H3,(H6,22,23,24,25,26,27). The second-order valence-corrected chi connectivity index (χ2v) is 6.20. The highest BCUT2D eigenvalue weighted by Crippen LogP contribution is 2.44. The summed E-state index contributed by atoms with van der Waals surface area (Å²) in [5.41, 5.74) is 13.2. The summed E-state index contributed by atoms with van der Waals surface area (Å²) in [5.74, 6) is -0.627. The van der Waals surface area contributed by atoms with Gasteiger partial charge in [0, 0.05) is 5.56 Å². The van der Waals surface area contributed by atoms with Crippen LogP contribution in [0.3, 0.4) is 0 Å². The predicted molar refractivity (Wildman–Crippen MR) is 102 cm³/mol. The minimum atomic E-state index is -0.898. The van der Waals surface area contributed by atoms with Gasteiger partial charge >= 0.3 is 0 Å². The summed E-state index contributed by atoms with van der Waals surface area (Å²) in [5, 5.41) is 23.5. The van der Waals surface area contributed by atoms with E-state index in [1.165, 1.54) is 13.2 Å². The average Bonchev–Trinajstić information content (AvgIpc) is 2.65. The third kappa shape index (κ3) is 2.86. The van der Waals surface area contributed by atoms with Gasteiger partial charge < -0.3 is 21.5 Å². The Kier molecular flexibility index (Phi) is 4.82. The van der Waals surface area contributed by atoms with Gasteiger partial charge in [-0.1, -0.05) is 11.6 Å². The first-order chi connectivity index (χ1) is 13.3. The molecule has 2 aromatic rings. The van der Waals surface area contributed by atoms with E-state index in [1.54, 1.807) is 13.1 Å². The normalized spacial score (nSPS) is 14.8. The maximum atomic E-state index is 14.5. The quantitative estimate of drug-likeness (QED) is 0.441. The van der Waals surface area contributed by atoms with Crippen LogP contribution in [0.1, 0.15) is 28.3 Å². The van der Waals surface area contributed by atoms with Gasteiger partial charge in [-0.05, 0) is 24.1 Å². The first kappa shape index (κ1) is 19.0. The molecule has 0 spiro atoms. The summed E-state index contributed by atoms with van der Waals surface area (Å²) >= 11 is 6.25. The number of nitrogens with one attached hydrogen (secondary N) is 2. The molecule has 0 amide bonds. The number of nitrogen functional groups attached to an aromatic ring is 2. The summed E-state index contributed by atoms with van der Waals surface area (Å²) in [7, 11) is 1.31. The summed E-state index contributed by atoms with van der Waals surface area (Å²) in [6.07, 6.45) is 1.74. The van der Waals surface area contributed by atoms with Gasteiger partial charge in [0.25, 0.3) is 0 Å². The number of aromatic nitrogens is 1. The highest BCUT2D eigenvalue weighted by Gasteiger charge is 2.32. The predicted octanol–water partition coefficient (Wildman–Crippen LogP) is 2.17. The first-order valence-corrected chi connectivity index (χ1v) is 8.23. The van der Waals surface area contributed by atoms with E-state index in [2.05, 4.69) is 20.6 Å². The topological polar surface area (TPSA) is 158 Å². The van der Waals surface area contributed by atoms with Gasteiger partial charge in [-0.15, -0.1) is 0 Å². The Morgan fingerprint density at radius 1 is 1.39 bits per heavy atom. The zero-order valence-electron chi connectivity index (χ0n) is 14.8. The number of halogens is 2. The van der Waals surface area contributed by atoms with Crippen LogP contribution in [-0.4, -0.2) is 18.1 Å². The van der Waals surface area contributed by atoms with Gasteiger partial charge in [0.2, 0.25) is 5.96 Å². The van der Waals surface area contributed by atoms with Crippen LogP contribution >= 0.6 is 11.6 Å². The van der Waals surface area contributed by atoms with Crippen molar-refractivity contribution in [3.05, 3.63) is 39.2 Å². The number of nitrogens with zero attached hydrogens (tertiary/aromatic N) is 4. The second-order valence-electron chi connectivity index (χ2n) is 5.82. The van der Waals surface area contributed by atoms with Crippen molar-refractivity contribution in [3.8, 4) is 18.0 Å². The van der Waals surface area contributed by atoms with Crippen molar-refractivity contribution in [1.82, 2.24) is 10.3 Å². The van der Waals surface area contributed by atoms with Crippen LogP contribution in [-0.2, 0) is 0 Å². The number of methoxy groups -OCH3 is 1. The SMILES string of the molecule is COc1c(F)cc(C2N=C(NC#N)Nc3nc(N)c(C#N)c(N)c32)c(C)c1Cl. The number of hydrogen-bond acceptors (Lipinski definition) is 9. The molecule has 1 aromatic heterocycles. The highest BCUT2D eigenvalue weighted by molar-refractivity contribution is 6.33. The van der Waals surface area contributed by atoms with Crippen molar-refractivity contribution in [3.63, 3.8) is 0 Å². The van der Waals surface area contributed by atoms with Gasteiger partial charge in [0.05, 0.1) is 17.8 Å². The number of ether oxygens (including phenoxy) is 1. The van der Waals surface area contributed by atoms with E-state index in [4.69, 9.17) is 33.1 Å². The number of nitriles is 2. The number of benzene rings is 1. The maximum absolute atomic E-state index is 14.5. The van der Waals surface area contributed by atoms with Crippen LogP contribution in [0.15, 0.2) is 11.1 Å². The lowest BCUT2D eigenvalue weighted by Gasteiger charge is -2.27. The number of aliphatic imine (C=N–C) groups is 1. The molecular weight excluding hydrogens is 387 g/mol. The number of hydrogen-bond donors (Lipinski definition) is 4. The number of nitrogens with two attached hydrogens (primary N) is 2. The number of anilines is 3. The van der Waals surface area contributed by atoms with Gasteiger partial charge in [-0.25, -0.2) is 14.4 Å². The molecule has 9 nitrogen and oxygen atoms in total. The lowest BCUT2D eigenvalue weighted by atomic mass is 9.92. The van der Waals surface area contributed by atoms with Crippen molar-refractivity contribution in [2.24, 2.45) is 4.99 Å². The summed E-state index contributed by atoms with van der Waals surface area (Å²) in [6.45, 7) is 1.67. The van der Waals surface area contributed by atoms with Gasteiger partial charge in [0.1, 0.15) is 29.3 Å². The van der Waals surface area contributed by atoms with E-state index in [0.717, 1.165) is 0 Å². The molecule has 142 valence electrons. The monoisotopic (exact) mass is 400 g/mol. The largest absolute Gasteiger partial charge is 0.492 e. The molecule has 3 rings (SSSR count). The van der Waals surface area contributed by atoms with E-state index in [9.17, 15) is 9.65 Å². The van der Waals surface area contributed by atoms with E-state index in [1.807, 2.05) is 6.07 Å². The Labute approximate surface area is 164 Å². The van der Waals surface area contributed by atoms with E-state index >= 15 is 0 Å². The molecule has 6 N–H and O–H groups in total. The Balaban J connectivity index is 2.33. The van der Waals surface area contributed by atoms with Crippen LogP contribution in [0.5, 0.6) is 5.75 Å². The van der Waals surface area contributed by atoms with E-state index < -0.39 is 11.9 Å². The fourth-order valence-electron chi connectivity index (χ4n) is 2.99. The van der Waals surface area contributed by atoms with Gasteiger partial charge in [-0.3, -0.25) is 5.32 Å². The number of rotatable bonds is 2. The van der Waals surface area contributed by atoms with Crippen LogP contribution in [0.2, 0.25) is 5.02 Å². The van der Waals surface area contributed by atoms with Crippen molar-refractivity contribution in [2.75, 3.05) is 23.9 Å². The smallest absolute Gasteiger partial charge is 0.211 e. The van der Waals surface area contributed by atoms with Crippen LogP contribution in [0.4, 0.5) is 21.7 Å². The number of guanidine groups is 1. The van der Waals surface area contributed by atoms with Crippen LogP contribution in [0, 0.1) is 35.5 Å². The summed E-state index contributed by atoms with van der Waals surface area (Å²) in [4.78, 5) is 8.53. The molecule has 0 bridgehead atoms. The zero-order valence-corrected chi connectivity index (χ0v) is 15.5. The molecule has 0 fully saturated rings. The molecule has 0 saturated carbocycles. The number of pyridine rings is 1. The highest BCUT2D eigenvalue weighted by atomic mass is 35.5. The van der Waals surface area contributed by atoms with Crippen molar-refractivity contribution < 1.29 is 9.13 Å². The van der Waals surface area contributed by atoms with Crippen molar-refractivity contribution in [2.45, 2.75) is 13.0 Å². The molecule has 1 aromatic carbocycles. The lowest BCUT2D eigenvalue weighted by Crippen LogP contribution is -2.33. The molecular formula is C17H14ClFN8O. The third-order valence-electron chi connectivity index (χ3n) is 4.32. The van der Waals surface area contributed by atoms with Gasteiger partial charge in [0.15, 0.2) is 17.8 Å². The minimum Gasteiger partial charge on any atom is -0.492 e. The molecule has 0 aliphatic carbocycles. The van der Waals surface area contributed by atoms with Crippen LogP contribution in [0.25, 0.3) is 0 Å². The van der Waals surface area contributed by atoms with Crippen molar-refractivity contribution >= 4 is 34.9 Å². The van der Waals surface area contributed by atoms with Crippen LogP contribution < -0.4 is 26.8 Å². The Bertz CT molecular complexity index is 1100. The molecule has 1 unspecified atom stereocenters. The summed E-state index contributed by atoms with van der Waals surface area (Å²) < 4.78 is 19.5. The Hall–Kier alpha value is -3.76. The minimum absolute atomic E-state index is 0.0184. The van der Waals surface area contributed by atoms with Gasteiger partial charge in [-0.2, -0.15) is 10.5 Å². The molecule has 1 aliphatic heterocycles. The van der Waals surface area contributed by atoms with E-state index in [0.29, 0.717) is 16.7 Å². The zero-order chi connectivity index (χ0) is 20.6. The average molecular weight is 401 g/mol. The van der Waals surface area contributed by atoms with Crippen molar-refractivity contribution in [1.29, 1.82) is 10.5 Å². The maximum Gasteiger partial charge on any atom is 0.211 e. The summed E-state index contributed by atoms with van der Waals surface area (Å²) in [6, 6.07) is 2.22. The fraction of sp³-hybridized carbons (Fsp3) is 0.176. The molecule has 2 heterocycles. The lowest BCUT2D eigenvalue weighted by molar-refractivity contribution is 0.386. The molecule has 1 aliphatic rings.